The third-order valence-corrected chi connectivity index (χ3v) is 3.75. The number of halogens is 3. The van der Waals surface area contributed by atoms with Crippen LogP contribution in [0.15, 0.2) is 16.6 Å². The zero-order valence-electron chi connectivity index (χ0n) is 9.25. The van der Waals surface area contributed by atoms with Crippen LogP contribution in [0, 0.1) is 15.9 Å². The van der Waals surface area contributed by atoms with Crippen LogP contribution in [0.2, 0.25) is 0 Å². The van der Waals surface area contributed by atoms with Crippen LogP contribution in [0.1, 0.15) is 25.3 Å². The van der Waals surface area contributed by atoms with Crippen molar-refractivity contribution in [1.82, 2.24) is 0 Å². The number of rotatable bonds is 5. The van der Waals surface area contributed by atoms with Crippen LogP contribution in [-0.2, 0) is 6.42 Å². The molecule has 0 aliphatic rings. The molecule has 0 amide bonds. The number of benzene rings is 1. The topological polar surface area (TPSA) is 43.1 Å². The Labute approximate surface area is 116 Å². The van der Waals surface area contributed by atoms with Crippen LogP contribution < -0.4 is 0 Å². The van der Waals surface area contributed by atoms with Gasteiger partial charge in [-0.3, -0.25) is 10.1 Å². The van der Waals surface area contributed by atoms with Gasteiger partial charge in [-0.15, -0.1) is 0 Å². The number of nitrogens with zero attached hydrogens (tertiary/aromatic N) is 1. The Morgan fingerprint density at radius 3 is 2.71 bits per heavy atom. The van der Waals surface area contributed by atoms with Gasteiger partial charge in [-0.2, -0.15) is 0 Å². The van der Waals surface area contributed by atoms with Crippen molar-refractivity contribution in [2.24, 2.45) is 0 Å². The minimum atomic E-state index is -0.481. The average molecular weight is 369 g/mol. The lowest BCUT2D eigenvalue weighted by Crippen LogP contribution is -2.05. The highest BCUT2D eigenvalue weighted by molar-refractivity contribution is 9.10. The van der Waals surface area contributed by atoms with Gasteiger partial charge in [0.05, 0.1) is 9.40 Å². The number of hydrogen-bond donors (Lipinski definition) is 0. The van der Waals surface area contributed by atoms with Gasteiger partial charge in [0.2, 0.25) is 0 Å². The summed E-state index contributed by atoms with van der Waals surface area (Å²) >= 11 is 6.40. The third kappa shape index (κ3) is 4.03. The molecule has 3 nitrogen and oxygen atoms in total. The molecule has 0 N–H and O–H groups in total. The Balaban J connectivity index is 3.04. The molecule has 1 atom stereocenters. The molecule has 0 aromatic heterocycles. The summed E-state index contributed by atoms with van der Waals surface area (Å²) in [6.07, 6.45) is 2.33. The summed E-state index contributed by atoms with van der Waals surface area (Å²) in [4.78, 5) is 10.5. The highest BCUT2D eigenvalue weighted by Gasteiger charge is 2.19. The second kappa shape index (κ2) is 6.44. The lowest BCUT2D eigenvalue weighted by atomic mass is 10.1. The predicted molar refractivity (Wildman–Crippen MR) is 72.1 cm³/mol. The number of alkyl halides is 1. The fourth-order valence-electron chi connectivity index (χ4n) is 1.56. The molecule has 94 valence electrons. The van der Waals surface area contributed by atoms with Crippen molar-refractivity contribution in [3.05, 3.63) is 38.1 Å². The van der Waals surface area contributed by atoms with Crippen molar-refractivity contribution in [1.29, 1.82) is 0 Å². The largest absolute Gasteiger partial charge is 0.273 e. The first-order chi connectivity index (χ1) is 7.95. The Morgan fingerprint density at radius 2 is 2.18 bits per heavy atom. The van der Waals surface area contributed by atoms with E-state index in [1.54, 1.807) is 0 Å². The number of nitro benzene ring substituents is 1. The van der Waals surface area contributed by atoms with E-state index in [2.05, 4.69) is 31.9 Å². The highest BCUT2D eigenvalue weighted by Crippen LogP contribution is 2.29. The number of hydrogen-bond acceptors (Lipinski definition) is 2. The highest BCUT2D eigenvalue weighted by atomic mass is 79.9. The molecule has 1 aromatic rings. The summed E-state index contributed by atoms with van der Waals surface area (Å²) in [5, 5.41) is 10.9. The summed E-state index contributed by atoms with van der Waals surface area (Å²) in [7, 11) is 0. The zero-order valence-corrected chi connectivity index (χ0v) is 12.4. The van der Waals surface area contributed by atoms with Crippen LogP contribution in [0.25, 0.3) is 0 Å². The Kier molecular flexibility index (Phi) is 5.52. The van der Waals surface area contributed by atoms with Crippen molar-refractivity contribution >= 4 is 37.5 Å². The number of nitro groups is 1. The molecule has 0 aliphatic heterocycles. The van der Waals surface area contributed by atoms with E-state index in [-0.39, 0.29) is 15.0 Å². The fraction of sp³-hybridized carbons (Fsp3) is 0.455. The fourth-order valence-corrected chi connectivity index (χ4v) is 2.70. The first-order valence-electron chi connectivity index (χ1n) is 5.22. The maximum absolute atomic E-state index is 13.4. The molecule has 1 rings (SSSR count). The molecule has 0 heterocycles. The van der Waals surface area contributed by atoms with E-state index >= 15 is 0 Å². The van der Waals surface area contributed by atoms with E-state index in [1.165, 1.54) is 12.1 Å². The lowest BCUT2D eigenvalue weighted by Gasteiger charge is -2.09. The standard InChI is InChI=1S/C11H12Br2FNO2/c1-2-3-8(12)4-7-5-10(14)9(13)6-11(7)15(16)17/h5-6,8H,2-4H2,1H3. The van der Waals surface area contributed by atoms with Crippen molar-refractivity contribution in [3.63, 3.8) is 0 Å². The zero-order chi connectivity index (χ0) is 13.0. The second-order valence-electron chi connectivity index (χ2n) is 3.74. The molecule has 0 bridgehead atoms. The van der Waals surface area contributed by atoms with Gasteiger partial charge in [0.1, 0.15) is 5.82 Å². The maximum Gasteiger partial charge on any atom is 0.273 e. The summed E-state index contributed by atoms with van der Waals surface area (Å²) < 4.78 is 13.5. The lowest BCUT2D eigenvalue weighted by molar-refractivity contribution is -0.385. The molecule has 0 saturated carbocycles. The van der Waals surface area contributed by atoms with Gasteiger partial charge in [0.25, 0.3) is 5.69 Å². The summed E-state index contributed by atoms with van der Waals surface area (Å²) in [5.41, 5.74) is 0.379. The monoisotopic (exact) mass is 367 g/mol. The summed E-state index contributed by atoms with van der Waals surface area (Å²) in [5.74, 6) is -0.471. The van der Waals surface area contributed by atoms with Gasteiger partial charge in [0, 0.05) is 16.5 Å². The van der Waals surface area contributed by atoms with Gasteiger partial charge >= 0.3 is 0 Å². The van der Waals surface area contributed by atoms with Gasteiger partial charge in [-0.05, 0) is 34.8 Å². The predicted octanol–water partition coefficient (Wildman–Crippen LogP) is 4.60. The molecular weight excluding hydrogens is 357 g/mol. The van der Waals surface area contributed by atoms with Gasteiger partial charge < -0.3 is 0 Å². The molecule has 17 heavy (non-hydrogen) atoms. The quantitative estimate of drug-likeness (QED) is 0.433. The van der Waals surface area contributed by atoms with E-state index in [1.807, 2.05) is 6.92 Å². The Morgan fingerprint density at radius 1 is 1.53 bits per heavy atom. The maximum atomic E-state index is 13.4. The summed E-state index contributed by atoms with van der Waals surface area (Å²) in [6.45, 7) is 2.03. The SMILES string of the molecule is CCCC(Br)Cc1cc(F)c(Br)cc1[N+](=O)[O-]. The molecule has 0 radical (unpaired) electrons. The Hall–Kier alpha value is -0.490. The third-order valence-electron chi connectivity index (χ3n) is 2.36. The summed E-state index contributed by atoms with van der Waals surface area (Å²) in [6, 6.07) is 2.45. The first-order valence-corrected chi connectivity index (χ1v) is 6.93. The molecular formula is C11H12Br2FNO2. The first kappa shape index (κ1) is 14.6. The van der Waals surface area contributed by atoms with Crippen LogP contribution in [0.5, 0.6) is 0 Å². The van der Waals surface area contributed by atoms with Crippen molar-refractivity contribution in [3.8, 4) is 0 Å². The molecule has 0 aliphatic carbocycles. The van der Waals surface area contributed by atoms with Gasteiger partial charge in [0.15, 0.2) is 0 Å². The second-order valence-corrected chi connectivity index (χ2v) is 5.89. The normalized spacial score (nSPS) is 12.5. The minimum absolute atomic E-state index is 0.0428. The van der Waals surface area contributed by atoms with E-state index < -0.39 is 10.7 Å². The van der Waals surface area contributed by atoms with Crippen LogP contribution in [0.3, 0.4) is 0 Å². The smallest absolute Gasteiger partial charge is 0.258 e. The van der Waals surface area contributed by atoms with Crippen molar-refractivity contribution in [2.45, 2.75) is 31.0 Å². The van der Waals surface area contributed by atoms with Gasteiger partial charge in [-0.1, -0.05) is 29.3 Å². The molecule has 0 saturated heterocycles. The van der Waals surface area contributed by atoms with E-state index in [9.17, 15) is 14.5 Å². The molecule has 0 fully saturated rings. The van der Waals surface area contributed by atoms with E-state index in [0.29, 0.717) is 12.0 Å². The van der Waals surface area contributed by atoms with Crippen LogP contribution in [0.4, 0.5) is 10.1 Å². The van der Waals surface area contributed by atoms with Crippen molar-refractivity contribution < 1.29 is 9.31 Å². The van der Waals surface area contributed by atoms with E-state index in [0.717, 1.165) is 12.8 Å². The van der Waals surface area contributed by atoms with Gasteiger partial charge in [-0.25, -0.2) is 4.39 Å². The average Bonchev–Trinajstić information content (AvgIpc) is 2.23. The van der Waals surface area contributed by atoms with Crippen LogP contribution in [-0.4, -0.2) is 9.75 Å². The Bertz CT molecular complexity index is 426. The molecule has 1 unspecified atom stereocenters. The van der Waals surface area contributed by atoms with Crippen molar-refractivity contribution in [2.75, 3.05) is 0 Å². The molecule has 0 spiro atoms. The van der Waals surface area contributed by atoms with Crippen LogP contribution >= 0.6 is 31.9 Å². The molecule has 1 aromatic carbocycles. The van der Waals surface area contributed by atoms with E-state index in [4.69, 9.17) is 0 Å². The minimum Gasteiger partial charge on any atom is -0.258 e. The molecule has 6 heteroatoms.